The van der Waals surface area contributed by atoms with Gasteiger partial charge in [-0.25, -0.2) is 4.79 Å². The van der Waals surface area contributed by atoms with E-state index in [0.29, 0.717) is 32.8 Å². The van der Waals surface area contributed by atoms with E-state index in [4.69, 9.17) is 9.84 Å². The molecule has 0 spiro atoms. The summed E-state index contributed by atoms with van der Waals surface area (Å²) < 4.78 is 5.32. The van der Waals surface area contributed by atoms with Crippen LogP contribution in [0, 0.1) is 0 Å². The molecule has 102 valence electrons. The number of carbonyl (C=O) groups is 2. The molecule has 1 unspecified atom stereocenters. The summed E-state index contributed by atoms with van der Waals surface area (Å²) in [5.41, 5.74) is 0. The molecule has 6 heteroatoms. The quantitative estimate of drug-likeness (QED) is 0.792. The maximum absolute atomic E-state index is 12.3. The Morgan fingerprint density at radius 1 is 1.17 bits per heavy atom. The monoisotopic (exact) mass is 256 g/mol. The Kier molecular flexibility index (Phi) is 4.41. The van der Waals surface area contributed by atoms with Crippen LogP contribution in [0.15, 0.2) is 0 Å². The number of rotatable bonds is 2. The number of hydrogen-bond acceptors (Lipinski definition) is 3. The number of carboxylic acid groups (broad SMARTS) is 1. The SMILES string of the molecule is O=C(O)CC1CCCN1C(=O)N1CCCOCC1. The normalized spacial score (nSPS) is 25.0. The molecule has 2 aliphatic rings. The summed E-state index contributed by atoms with van der Waals surface area (Å²) in [7, 11) is 0. The Bertz CT molecular complexity index is 313. The van der Waals surface area contributed by atoms with Crippen molar-refractivity contribution in [3.05, 3.63) is 0 Å². The van der Waals surface area contributed by atoms with Gasteiger partial charge < -0.3 is 19.6 Å². The van der Waals surface area contributed by atoms with Crippen LogP contribution in [0.3, 0.4) is 0 Å². The van der Waals surface area contributed by atoms with E-state index in [1.54, 1.807) is 9.80 Å². The minimum absolute atomic E-state index is 0.0238. The van der Waals surface area contributed by atoms with Gasteiger partial charge in [-0.15, -0.1) is 0 Å². The van der Waals surface area contributed by atoms with Crippen molar-refractivity contribution in [3.8, 4) is 0 Å². The Balaban J connectivity index is 1.95. The maximum atomic E-state index is 12.3. The van der Waals surface area contributed by atoms with Gasteiger partial charge in [0.05, 0.1) is 13.0 Å². The van der Waals surface area contributed by atoms with Gasteiger partial charge in [0, 0.05) is 32.3 Å². The average Bonchev–Trinajstić information content (AvgIpc) is 2.63. The standard InChI is InChI=1S/C12H20N2O4/c15-11(16)9-10-3-1-5-14(10)12(17)13-4-2-7-18-8-6-13/h10H,1-9H2,(H,15,16). The van der Waals surface area contributed by atoms with Crippen molar-refractivity contribution in [1.82, 2.24) is 9.80 Å². The topological polar surface area (TPSA) is 70.1 Å². The third-order valence-electron chi connectivity index (χ3n) is 3.53. The molecule has 0 saturated carbocycles. The first kappa shape index (κ1) is 13.1. The molecule has 1 atom stereocenters. The summed E-state index contributed by atoms with van der Waals surface area (Å²) in [5, 5.41) is 8.86. The summed E-state index contributed by atoms with van der Waals surface area (Å²) in [6, 6.07) is -0.163. The molecule has 2 rings (SSSR count). The van der Waals surface area contributed by atoms with Crippen molar-refractivity contribution in [1.29, 1.82) is 0 Å². The molecule has 0 radical (unpaired) electrons. The van der Waals surface area contributed by atoms with Gasteiger partial charge in [-0.1, -0.05) is 0 Å². The van der Waals surface area contributed by atoms with Crippen LogP contribution in [0.4, 0.5) is 4.79 Å². The highest BCUT2D eigenvalue weighted by Gasteiger charge is 2.33. The smallest absolute Gasteiger partial charge is 0.320 e. The van der Waals surface area contributed by atoms with Gasteiger partial charge in [0.25, 0.3) is 0 Å². The zero-order chi connectivity index (χ0) is 13.0. The third kappa shape index (κ3) is 3.13. The van der Waals surface area contributed by atoms with E-state index in [-0.39, 0.29) is 18.5 Å². The van der Waals surface area contributed by atoms with Gasteiger partial charge >= 0.3 is 12.0 Å². The zero-order valence-corrected chi connectivity index (χ0v) is 10.5. The molecule has 6 nitrogen and oxygen atoms in total. The van der Waals surface area contributed by atoms with E-state index >= 15 is 0 Å². The van der Waals surface area contributed by atoms with Crippen LogP contribution in [-0.2, 0) is 9.53 Å². The van der Waals surface area contributed by atoms with Crippen molar-refractivity contribution >= 4 is 12.0 Å². The Hall–Kier alpha value is -1.30. The van der Waals surface area contributed by atoms with Gasteiger partial charge in [-0.05, 0) is 19.3 Å². The first-order chi connectivity index (χ1) is 8.68. The summed E-state index contributed by atoms with van der Waals surface area (Å²) in [6.07, 6.45) is 2.59. The van der Waals surface area contributed by atoms with Crippen molar-refractivity contribution in [2.75, 3.05) is 32.8 Å². The first-order valence-electron chi connectivity index (χ1n) is 6.53. The van der Waals surface area contributed by atoms with Crippen molar-refractivity contribution < 1.29 is 19.4 Å². The number of carboxylic acids is 1. The molecular formula is C12H20N2O4. The second-order valence-electron chi connectivity index (χ2n) is 4.82. The fourth-order valence-electron chi connectivity index (χ4n) is 2.62. The van der Waals surface area contributed by atoms with Crippen molar-refractivity contribution in [3.63, 3.8) is 0 Å². The van der Waals surface area contributed by atoms with Gasteiger partial charge in [-0.2, -0.15) is 0 Å². The largest absolute Gasteiger partial charge is 0.481 e. The molecule has 2 aliphatic heterocycles. The lowest BCUT2D eigenvalue weighted by Crippen LogP contribution is -2.46. The van der Waals surface area contributed by atoms with Crippen LogP contribution in [0.5, 0.6) is 0 Å². The maximum Gasteiger partial charge on any atom is 0.320 e. The fraction of sp³-hybridized carbons (Fsp3) is 0.833. The van der Waals surface area contributed by atoms with Crippen LogP contribution in [0.2, 0.25) is 0 Å². The molecule has 0 aromatic heterocycles. The molecule has 1 N–H and O–H groups in total. The predicted molar refractivity (Wildman–Crippen MR) is 64.4 cm³/mol. The molecule has 18 heavy (non-hydrogen) atoms. The number of aliphatic carboxylic acids is 1. The molecule has 0 aliphatic carbocycles. The number of hydrogen-bond donors (Lipinski definition) is 1. The van der Waals surface area contributed by atoms with E-state index < -0.39 is 5.97 Å². The van der Waals surface area contributed by atoms with E-state index in [2.05, 4.69) is 0 Å². The summed E-state index contributed by atoms with van der Waals surface area (Å²) in [6.45, 7) is 3.25. The highest BCUT2D eigenvalue weighted by Crippen LogP contribution is 2.22. The number of nitrogens with zero attached hydrogens (tertiary/aromatic N) is 2. The van der Waals surface area contributed by atoms with Gasteiger partial charge in [0.2, 0.25) is 0 Å². The Labute approximate surface area is 106 Å². The van der Waals surface area contributed by atoms with E-state index in [1.807, 2.05) is 0 Å². The molecule has 2 fully saturated rings. The first-order valence-corrected chi connectivity index (χ1v) is 6.53. The number of likely N-dealkylation sites (tertiary alicyclic amines) is 1. The van der Waals surface area contributed by atoms with Crippen molar-refractivity contribution in [2.45, 2.75) is 31.7 Å². The Morgan fingerprint density at radius 2 is 2.00 bits per heavy atom. The summed E-state index contributed by atoms with van der Waals surface area (Å²) in [4.78, 5) is 26.6. The van der Waals surface area contributed by atoms with E-state index in [9.17, 15) is 9.59 Å². The van der Waals surface area contributed by atoms with Crippen LogP contribution in [0.1, 0.15) is 25.7 Å². The van der Waals surface area contributed by atoms with Crippen LogP contribution in [-0.4, -0.2) is 65.8 Å². The molecular weight excluding hydrogens is 236 g/mol. The van der Waals surface area contributed by atoms with Crippen LogP contribution in [0.25, 0.3) is 0 Å². The van der Waals surface area contributed by atoms with Gasteiger partial charge in [-0.3, -0.25) is 4.79 Å². The average molecular weight is 256 g/mol. The molecule has 0 aromatic carbocycles. The molecule has 0 aromatic rings. The number of ether oxygens (including phenoxy) is 1. The summed E-state index contributed by atoms with van der Waals surface area (Å²) in [5.74, 6) is -0.834. The lowest BCUT2D eigenvalue weighted by Gasteiger charge is -2.30. The number of amides is 2. The predicted octanol–water partition coefficient (Wildman–Crippen LogP) is 0.768. The lowest BCUT2D eigenvalue weighted by molar-refractivity contribution is -0.138. The Morgan fingerprint density at radius 3 is 2.78 bits per heavy atom. The molecule has 2 amide bonds. The highest BCUT2D eigenvalue weighted by molar-refractivity contribution is 5.76. The minimum atomic E-state index is -0.834. The van der Waals surface area contributed by atoms with Crippen molar-refractivity contribution in [2.24, 2.45) is 0 Å². The van der Waals surface area contributed by atoms with Crippen LogP contribution >= 0.6 is 0 Å². The highest BCUT2D eigenvalue weighted by atomic mass is 16.5. The second-order valence-corrected chi connectivity index (χ2v) is 4.82. The lowest BCUT2D eigenvalue weighted by atomic mass is 10.1. The number of urea groups is 1. The molecule has 2 saturated heterocycles. The number of carbonyl (C=O) groups excluding carboxylic acids is 1. The van der Waals surface area contributed by atoms with E-state index in [0.717, 1.165) is 19.3 Å². The van der Waals surface area contributed by atoms with Crippen LogP contribution < -0.4 is 0 Å². The zero-order valence-electron chi connectivity index (χ0n) is 10.5. The molecule has 2 heterocycles. The second kappa shape index (κ2) is 6.04. The third-order valence-corrected chi connectivity index (χ3v) is 3.53. The minimum Gasteiger partial charge on any atom is -0.481 e. The molecule has 0 bridgehead atoms. The van der Waals surface area contributed by atoms with E-state index in [1.165, 1.54) is 0 Å². The van der Waals surface area contributed by atoms with Gasteiger partial charge in [0.15, 0.2) is 0 Å². The summed E-state index contributed by atoms with van der Waals surface area (Å²) >= 11 is 0. The fourth-order valence-corrected chi connectivity index (χ4v) is 2.62. The van der Waals surface area contributed by atoms with Gasteiger partial charge in [0.1, 0.15) is 0 Å².